The lowest BCUT2D eigenvalue weighted by molar-refractivity contribution is 0.463. The van der Waals surface area contributed by atoms with Gasteiger partial charge >= 0.3 is 0 Å². The molecule has 0 aliphatic heterocycles. The Labute approximate surface area is 118 Å². The Bertz CT molecular complexity index is 474. The van der Waals surface area contributed by atoms with Crippen molar-refractivity contribution in [1.29, 1.82) is 0 Å². The van der Waals surface area contributed by atoms with Gasteiger partial charge in [-0.3, -0.25) is 4.79 Å². The van der Waals surface area contributed by atoms with Crippen LogP contribution in [0.25, 0.3) is 0 Å². The number of nitrogens with one attached hydrogen (secondary N) is 2. The number of hydrogen-bond acceptors (Lipinski definition) is 4. The quantitative estimate of drug-likeness (QED) is 0.812. The minimum Gasteiger partial charge on any atom is -0.317 e. The minimum atomic E-state index is -0.0308. The molecule has 0 bridgehead atoms. The van der Waals surface area contributed by atoms with Crippen LogP contribution in [0, 0.1) is 5.92 Å². The zero-order valence-electron chi connectivity index (χ0n) is 11.9. The van der Waals surface area contributed by atoms with Gasteiger partial charge in [0.1, 0.15) is 0 Å². The van der Waals surface area contributed by atoms with Gasteiger partial charge in [0.05, 0.1) is 0 Å². The molecule has 1 aliphatic carbocycles. The predicted molar refractivity (Wildman–Crippen MR) is 79.7 cm³/mol. The van der Waals surface area contributed by atoms with Crippen LogP contribution in [0.15, 0.2) is 16.0 Å². The summed E-state index contributed by atoms with van der Waals surface area (Å²) in [5, 5.41) is 4.69. The van der Waals surface area contributed by atoms with E-state index >= 15 is 0 Å². The molecule has 1 aromatic heterocycles. The maximum absolute atomic E-state index is 11.6. The molecule has 1 fully saturated rings. The SMILES string of the molecule is CCCc1cc(=O)[nH]c(SC2CCC(NC)C2C)n1. The Morgan fingerprint density at radius 3 is 2.95 bits per heavy atom. The highest BCUT2D eigenvalue weighted by Gasteiger charge is 2.32. The summed E-state index contributed by atoms with van der Waals surface area (Å²) in [6.45, 7) is 4.38. The van der Waals surface area contributed by atoms with Gasteiger partial charge in [0.25, 0.3) is 5.56 Å². The summed E-state index contributed by atoms with van der Waals surface area (Å²) in [5.74, 6) is 0.607. The summed E-state index contributed by atoms with van der Waals surface area (Å²) >= 11 is 1.73. The first-order valence-electron chi connectivity index (χ1n) is 7.08. The number of aryl methyl sites for hydroxylation is 1. The molecule has 0 aromatic carbocycles. The lowest BCUT2D eigenvalue weighted by atomic mass is 10.1. The van der Waals surface area contributed by atoms with E-state index in [1.165, 1.54) is 12.8 Å². The van der Waals surface area contributed by atoms with Crippen LogP contribution in [0.5, 0.6) is 0 Å². The van der Waals surface area contributed by atoms with Crippen molar-refractivity contribution in [2.75, 3.05) is 7.05 Å². The van der Waals surface area contributed by atoms with E-state index in [0.29, 0.717) is 17.2 Å². The smallest absolute Gasteiger partial charge is 0.251 e. The average Bonchev–Trinajstić information content (AvgIpc) is 2.70. The highest BCUT2D eigenvalue weighted by atomic mass is 32.2. The Balaban J connectivity index is 2.09. The molecule has 1 aliphatic rings. The van der Waals surface area contributed by atoms with Crippen molar-refractivity contribution < 1.29 is 0 Å². The van der Waals surface area contributed by atoms with Crippen LogP contribution >= 0.6 is 11.8 Å². The molecule has 0 saturated heterocycles. The molecule has 19 heavy (non-hydrogen) atoms. The first kappa shape index (κ1) is 14.6. The molecule has 2 rings (SSSR count). The van der Waals surface area contributed by atoms with E-state index in [9.17, 15) is 4.79 Å². The van der Waals surface area contributed by atoms with Gasteiger partial charge < -0.3 is 10.3 Å². The third-order valence-electron chi connectivity index (χ3n) is 3.90. The van der Waals surface area contributed by atoms with Crippen molar-refractivity contribution in [3.8, 4) is 0 Å². The fourth-order valence-corrected chi connectivity index (χ4v) is 4.04. The second-order valence-corrected chi connectivity index (χ2v) is 6.51. The van der Waals surface area contributed by atoms with Gasteiger partial charge in [-0.05, 0) is 32.2 Å². The third kappa shape index (κ3) is 3.60. The highest BCUT2D eigenvalue weighted by molar-refractivity contribution is 7.99. The fraction of sp³-hybridized carbons (Fsp3) is 0.714. The Kier molecular flexibility index (Phi) is 5.05. The van der Waals surface area contributed by atoms with Crippen LogP contribution < -0.4 is 10.9 Å². The number of H-pyrrole nitrogens is 1. The Hall–Kier alpha value is -0.810. The lowest BCUT2D eigenvalue weighted by Gasteiger charge is -2.19. The molecule has 1 aromatic rings. The zero-order chi connectivity index (χ0) is 13.8. The van der Waals surface area contributed by atoms with E-state index in [1.54, 1.807) is 17.8 Å². The molecule has 3 atom stereocenters. The van der Waals surface area contributed by atoms with Crippen LogP contribution in [0.1, 0.15) is 38.8 Å². The molecule has 4 nitrogen and oxygen atoms in total. The Morgan fingerprint density at radius 2 is 2.32 bits per heavy atom. The predicted octanol–water partition coefficient (Wildman–Crippen LogP) is 2.20. The maximum Gasteiger partial charge on any atom is 0.251 e. The van der Waals surface area contributed by atoms with E-state index in [2.05, 4.69) is 29.1 Å². The normalized spacial score (nSPS) is 26.8. The first-order chi connectivity index (χ1) is 9.13. The molecule has 2 N–H and O–H groups in total. The van der Waals surface area contributed by atoms with Gasteiger partial charge in [-0.2, -0.15) is 0 Å². The van der Waals surface area contributed by atoms with Crippen molar-refractivity contribution >= 4 is 11.8 Å². The number of aromatic amines is 1. The van der Waals surface area contributed by atoms with E-state index in [-0.39, 0.29) is 5.56 Å². The van der Waals surface area contributed by atoms with Crippen molar-refractivity contribution in [3.63, 3.8) is 0 Å². The summed E-state index contributed by atoms with van der Waals surface area (Å²) in [6, 6.07) is 2.20. The lowest BCUT2D eigenvalue weighted by Crippen LogP contribution is -2.30. The molecule has 1 saturated carbocycles. The van der Waals surface area contributed by atoms with Crippen LogP contribution in [0.2, 0.25) is 0 Å². The summed E-state index contributed by atoms with van der Waals surface area (Å²) in [4.78, 5) is 19.1. The standard InChI is InChI=1S/C14H23N3OS/c1-4-5-10-8-13(18)17-14(16-10)19-12-7-6-11(15-3)9(12)2/h8-9,11-12,15H,4-7H2,1-3H3,(H,16,17,18). The summed E-state index contributed by atoms with van der Waals surface area (Å²) in [5.41, 5.74) is 0.876. The minimum absolute atomic E-state index is 0.0308. The largest absolute Gasteiger partial charge is 0.317 e. The van der Waals surface area contributed by atoms with Crippen molar-refractivity contribution in [3.05, 3.63) is 22.1 Å². The molecule has 5 heteroatoms. The van der Waals surface area contributed by atoms with Gasteiger partial charge in [-0.25, -0.2) is 4.98 Å². The molecular weight excluding hydrogens is 258 g/mol. The highest BCUT2D eigenvalue weighted by Crippen LogP contribution is 2.37. The molecule has 1 heterocycles. The van der Waals surface area contributed by atoms with Crippen molar-refractivity contribution in [2.45, 2.75) is 56.0 Å². The van der Waals surface area contributed by atoms with Gasteiger partial charge in [0.15, 0.2) is 5.16 Å². The number of hydrogen-bond donors (Lipinski definition) is 2. The van der Waals surface area contributed by atoms with E-state index < -0.39 is 0 Å². The van der Waals surface area contributed by atoms with Crippen LogP contribution in [-0.2, 0) is 6.42 Å². The molecule has 3 unspecified atom stereocenters. The number of aromatic nitrogens is 2. The number of rotatable bonds is 5. The van der Waals surface area contributed by atoms with Gasteiger partial charge in [-0.1, -0.05) is 32.0 Å². The van der Waals surface area contributed by atoms with Crippen molar-refractivity contribution in [2.24, 2.45) is 5.92 Å². The number of nitrogens with zero attached hydrogens (tertiary/aromatic N) is 1. The summed E-state index contributed by atoms with van der Waals surface area (Å²) in [7, 11) is 2.02. The average molecular weight is 281 g/mol. The van der Waals surface area contributed by atoms with Crippen LogP contribution in [0.4, 0.5) is 0 Å². The van der Waals surface area contributed by atoms with Gasteiger partial charge in [0.2, 0.25) is 0 Å². The fourth-order valence-electron chi connectivity index (χ4n) is 2.77. The second-order valence-electron chi connectivity index (χ2n) is 5.28. The summed E-state index contributed by atoms with van der Waals surface area (Å²) < 4.78 is 0. The van der Waals surface area contributed by atoms with E-state index in [4.69, 9.17) is 0 Å². The molecular formula is C14H23N3OS. The van der Waals surface area contributed by atoms with Crippen molar-refractivity contribution in [1.82, 2.24) is 15.3 Å². The van der Waals surface area contributed by atoms with Gasteiger partial charge in [0, 0.05) is 23.1 Å². The third-order valence-corrected chi connectivity index (χ3v) is 5.28. The van der Waals surface area contributed by atoms with E-state index in [1.807, 2.05) is 7.05 Å². The number of thioether (sulfide) groups is 1. The monoisotopic (exact) mass is 281 g/mol. The van der Waals surface area contributed by atoms with Crippen LogP contribution in [0.3, 0.4) is 0 Å². The van der Waals surface area contributed by atoms with E-state index in [0.717, 1.165) is 23.7 Å². The molecule has 0 radical (unpaired) electrons. The van der Waals surface area contributed by atoms with Crippen LogP contribution in [-0.4, -0.2) is 28.3 Å². The molecule has 0 amide bonds. The topological polar surface area (TPSA) is 57.8 Å². The summed E-state index contributed by atoms with van der Waals surface area (Å²) in [6.07, 6.45) is 4.27. The molecule has 106 valence electrons. The molecule has 0 spiro atoms. The first-order valence-corrected chi connectivity index (χ1v) is 7.96. The maximum atomic E-state index is 11.6. The van der Waals surface area contributed by atoms with Gasteiger partial charge in [-0.15, -0.1) is 0 Å². The second kappa shape index (κ2) is 6.57. The Morgan fingerprint density at radius 1 is 1.53 bits per heavy atom. The zero-order valence-corrected chi connectivity index (χ0v) is 12.7.